The topological polar surface area (TPSA) is 43.4 Å². The highest BCUT2D eigenvalue weighted by Crippen LogP contribution is 2.23. The molecule has 2 aromatic carbocycles. The van der Waals surface area contributed by atoms with Gasteiger partial charge in [-0.05, 0) is 35.9 Å². The van der Waals surface area contributed by atoms with Gasteiger partial charge in [-0.3, -0.25) is 4.79 Å². The number of rotatable bonds is 5. The maximum absolute atomic E-state index is 13.4. The minimum atomic E-state index is -0.722. The van der Waals surface area contributed by atoms with Crippen LogP contribution in [0.5, 0.6) is 0 Å². The van der Waals surface area contributed by atoms with Gasteiger partial charge in [-0.1, -0.05) is 41.4 Å². The molecule has 2 rings (SSSR count). The summed E-state index contributed by atoms with van der Waals surface area (Å²) >= 11 is 11.6. The Labute approximate surface area is 142 Å². The molecule has 2 aromatic rings. The second-order valence-corrected chi connectivity index (χ2v) is 5.33. The highest BCUT2D eigenvalue weighted by molar-refractivity contribution is 6.42. The second-order valence-electron chi connectivity index (χ2n) is 4.52. The van der Waals surface area contributed by atoms with Gasteiger partial charge < -0.3 is 4.74 Å². The van der Waals surface area contributed by atoms with Crippen LogP contribution in [0.25, 0.3) is 6.08 Å². The van der Waals surface area contributed by atoms with Gasteiger partial charge in [0.25, 0.3) is 0 Å². The Morgan fingerprint density at radius 1 is 1.09 bits per heavy atom. The Bertz CT molecular complexity index is 772. The zero-order valence-electron chi connectivity index (χ0n) is 11.8. The van der Waals surface area contributed by atoms with E-state index >= 15 is 0 Å². The van der Waals surface area contributed by atoms with Gasteiger partial charge in [0.05, 0.1) is 15.6 Å². The fourth-order valence-corrected chi connectivity index (χ4v) is 2.04. The van der Waals surface area contributed by atoms with E-state index in [-0.39, 0.29) is 5.56 Å². The zero-order valence-corrected chi connectivity index (χ0v) is 13.3. The van der Waals surface area contributed by atoms with Crippen LogP contribution in [0, 0.1) is 5.82 Å². The number of benzene rings is 2. The molecule has 0 bridgehead atoms. The quantitative estimate of drug-likeness (QED) is 0.449. The van der Waals surface area contributed by atoms with Crippen molar-refractivity contribution in [2.24, 2.45) is 0 Å². The molecule has 0 heterocycles. The SMILES string of the molecule is O=C(/C=C/c1ccc(Cl)c(Cl)c1)OCC(=O)c1ccccc1F. The van der Waals surface area contributed by atoms with Crippen molar-refractivity contribution >= 4 is 41.0 Å². The molecule has 0 aliphatic heterocycles. The Morgan fingerprint density at radius 3 is 2.52 bits per heavy atom. The maximum Gasteiger partial charge on any atom is 0.331 e. The molecule has 6 heteroatoms. The van der Waals surface area contributed by atoms with Crippen molar-refractivity contribution in [2.45, 2.75) is 0 Å². The Balaban J connectivity index is 1.92. The number of halogens is 3. The molecule has 0 amide bonds. The largest absolute Gasteiger partial charge is 0.454 e. The molecule has 0 atom stereocenters. The molecule has 23 heavy (non-hydrogen) atoms. The predicted octanol–water partition coefficient (Wildman–Crippen LogP) is 4.57. The lowest BCUT2D eigenvalue weighted by molar-refractivity contribution is -0.136. The number of ether oxygens (including phenoxy) is 1. The van der Waals surface area contributed by atoms with Gasteiger partial charge in [0.1, 0.15) is 5.82 Å². The van der Waals surface area contributed by atoms with Gasteiger partial charge in [-0.2, -0.15) is 0 Å². The lowest BCUT2D eigenvalue weighted by atomic mass is 10.1. The third kappa shape index (κ3) is 4.91. The first-order valence-electron chi connectivity index (χ1n) is 6.55. The molecule has 0 radical (unpaired) electrons. The first kappa shape index (κ1) is 17.2. The van der Waals surface area contributed by atoms with Gasteiger partial charge >= 0.3 is 5.97 Å². The number of ketones is 1. The van der Waals surface area contributed by atoms with Crippen LogP contribution >= 0.6 is 23.2 Å². The average Bonchev–Trinajstić information content (AvgIpc) is 2.54. The van der Waals surface area contributed by atoms with E-state index in [4.69, 9.17) is 27.9 Å². The number of hydrogen-bond donors (Lipinski definition) is 0. The summed E-state index contributed by atoms with van der Waals surface area (Å²) in [5.41, 5.74) is 0.533. The number of esters is 1. The molecular weight excluding hydrogens is 342 g/mol. The highest BCUT2D eigenvalue weighted by Gasteiger charge is 2.12. The van der Waals surface area contributed by atoms with Crippen LogP contribution in [0.4, 0.5) is 4.39 Å². The highest BCUT2D eigenvalue weighted by atomic mass is 35.5. The van der Waals surface area contributed by atoms with Crippen molar-refractivity contribution in [1.82, 2.24) is 0 Å². The van der Waals surface area contributed by atoms with Crippen molar-refractivity contribution in [3.8, 4) is 0 Å². The van der Waals surface area contributed by atoms with E-state index in [1.54, 1.807) is 18.2 Å². The van der Waals surface area contributed by atoms with E-state index < -0.39 is 24.2 Å². The summed E-state index contributed by atoms with van der Waals surface area (Å²) in [6.45, 7) is -0.536. The number of hydrogen-bond acceptors (Lipinski definition) is 3. The number of Topliss-reactive ketones (excluding diaryl/α,β-unsaturated/α-hetero) is 1. The monoisotopic (exact) mass is 352 g/mol. The predicted molar refractivity (Wildman–Crippen MR) is 87.2 cm³/mol. The molecule has 0 spiro atoms. The molecule has 3 nitrogen and oxygen atoms in total. The fourth-order valence-electron chi connectivity index (χ4n) is 1.73. The van der Waals surface area contributed by atoms with Crippen molar-refractivity contribution in [2.75, 3.05) is 6.61 Å². The molecular formula is C17H11Cl2FO3. The van der Waals surface area contributed by atoms with Crippen LogP contribution in [0.2, 0.25) is 10.0 Å². The third-order valence-electron chi connectivity index (χ3n) is 2.88. The second kappa shape index (κ2) is 7.90. The van der Waals surface area contributed by atoms with E-state index in [1.807, 2.05) is 0 Å². The van der Waals surface area contributed by atoms with E-state index in [0.717, 1.165) is 6.08 Å². The number of carbonyl (C=O) groups is 2. The first-order chi connectivity index (χ1) is 11.0. The summed E-state index contributed by atoms with van der Waals surface area (Å²) in [4.78, 5) is 23.3. The van der Waals surface area contributed by atoms with E-state index in [2.05, 4.69) is 0 Å². The Morgan fingerprint density at radius 2 is 1.83 bits per heavy atom. The van der Waals surface area contributed by atoms with Crippen LogP contribution < -0.4 is 0 Å². The molecule has 0 aliphatic rings. The number of carbonyl (C=O) groups excluding carboxylic acids is 2. The molecule has 0 saturated heterocycles. The van der Waals surface area contributed by atoms with Crippen LogP contribution in [-0.4, -0.2) is 18.4 Å². The van der Waals surface area contributed by atoms with Crippen molar-refractivity contribution in [3.05, 3.63) is 75.5 Å². The van der Waals surface area contributed by atoms with Crippen molar-refractivity contribution in [1.29, 1.82) is 0 Å². The maximum atomic E-state index is 13.4. The lowest BCUT2D eigenvalue weighted by Gasteiger charge is -2.03. The van der Waals surface area contributed by atoms with Gasteiger partial charge in [-0.15, -0.1) is 0 Å². The van der Waals surface area contributed by atoms with E-state index in [9.17, 15) is 14.0 Å². The molecule has 0 fully saturated rings. The summed E-state index contributed by atoms with van der Waals surface area (Å²) in [7, 11) is 0. The van der Waals surface area contributed by atoms with Gasteiger partial charge in [0.2, 0.25) is 5.78 Å². The van der Waals surface area contributed by atoms with Gasteiger partial charge in [0.15, 0.2) is 6.61 Å². The van der Waals surface area contributed by atoms with Crippen molar-refractivity contribution in [3.63, 3.8) is 0 Å². The van der Waals surface area contributed by atoms with Gasteiger partial charge in [0, 0.05) is 6.08 Å². The average molecular weight is 353 g/mol. The Hall–Kier alpha value is -2.17. The normalized spacial score (nSPS) is 10.7. The molecule has 118 valence electrons. The van der Waals surface area contributed by atoms with Crippen LogP contribution in [0.1, 0.15) is 15.9 Å². The van der Waals surface area contributed by atoms with Crippen LogP contribution in [-0.2, 0) is 9.53 Å². The minimum absolute atomic E-state index is 0.117. The minimum Gasteiger partial charge on any atom is -0.454 e. The molecule has 0 aliphatic carbocycles. The summed E-state index contributed by atoms with van der Waals surface area (Å²) in [6, 6.07) is 10.3. The van der Waals surface area contributed by atoms with Crippen LogP contribution in [0.15, 0.2) is 48.5 Å². The van der Waals surface area contributed by atoms with E-state index in [1.165, 1.54) is 30.3 Å². The van der Waals surface area contributed by atoms with Gasteiger partial charge in [-0.25, -0.2) is 9.18 Å². The van der Waals surface area contributed by atoms with Crippen molar-refractivity contribution < 1.29 is 18.7 Å². The summed E-state index contributed by atoms with van der Waals surface area (Å²) in [5.74, 6) is -1.99. The summed E-state index contributed by atoms with van der Waals surface area (Å²) < 4.78 is 18.2. The molecule has 0 N–H and O–H groups in total. The standard InChI is InChI=1S/C17H11Cl2FO3/c18-13-7-5-11(9-14(13)19)6-8-17(22)23-10-16(21)12-3-1-2-4-15(12)20/h1-9H,10H2/b8-6+. The summed E-state index contributed by atoms with van der Waals surface area (Å²) in [6.07, 6.45) is 2.62. The first-order valence-corrected chi connectivity index (χ1v) is 7.30. The third-order valence-corrected chi connectivity index (χ3v) is 3.61. The van der Waals surface area contributed by atoms with E-state index in [0.29, 0.717) is 15.6 Å². The molecule has 0 saturated carbocycles. The van der Waals surface area contributed by atoms with Crippen LogP contribution in [0.3, 0.4) is 0 Å². The fraction of sp³-hybridized carbons (Fsp3) is 0.0588. The smallest absolute Gasteiger partial charge is 0.331 e. The Kier molecular flexibility index (Phi) is 5.90. The summed E-state index contributed by atoms with van der Waals surface area (Å²) in [5, 5.41) is 0.763. The zero-order chi connectivity index (χ0) is 16.8. The molecule has 0 unspecified atom stereocenters. The molecule has 0 aromatic heterocycles. The lowest BCUT2D eigenvalue weighted by Crippen LogP contribution is -2.13.